The number of halogens is 1. The topological polar surface area (TPSA) is 49.6 Å². The quantitative estimate of drug-likeness (QED) is 0.491. The maximum Gasteiger partial charge on any atom is 0.243 e. The highest BCUT2D eigenvalue weighted by Gasteiger charge is 1.87. The minimum absolute atomic E-state index is 0.0440. The minimum Gasteiger partial charge on any atom is -0.265 e. The molecule has 0 aliphatic carbocycles. The molecule has 1 heterocycles. The second-order valence-corrected chi connectivity index (χ2v) is 1.59. The molecule has 3 nitrogen and oxygen atoms in total. The zero-order valence-electron chi connectivity index (χ0n) is 3.93. The Balaban J connectivity index is 3.08. The second-order valence-electron chi connectivity index (χ2n) is 1.20. The fraction of sp³-hybridized carbons (Fsp3) is 0. The van der Waals surface area contributed by atoms with Crippen LogP contribution in [0.3, 0.4) is 0 Å². The SMILES string of the molecule is [NH]c1nccc(Cl)n1. The standard InChI is InChI=1S/C4H3ClN3/c5-3-1-2-7-4(6)8-3/h1-2,6H. The summed E-state index contributed by atoms with van der Waals surface area (Å²) in [4.78, 5) is 7.01. The van der Waals surface area contributed by atoms with E-state index >= 15 is 0 Å². The summed E-state index contributed by atoms with van der Waals surface area (Å²) < 4.78 is 0. The van der Waals surface area contributed by atoms with E-state index in [-0.39, 0.29) is 5.95 Å². The maximum atomic E-state index is 6.83. The fourth-order valence-corrected chi connectivity index (χ4v) is 0.473. The highest BCUT2D eigenvalue weighted by Crippen LogP contribution is 2.02. The summed E-state index contributed by atoms with van der Waals surface area (Å²) in [5.41, 5.74) is 6.83. The van der Waals surface area contributed by atoms with Crippen LogP contribution in [0.15, 0.2) is 12.3 Å². The van der Waals surface area contributed by atoms with Gasteiger partial charge in [-0.15, -0.1) is 0 Å². The molecule has 1 aromatic rings. The van der Waals surface area contributed by atoms with Crippen molar-refractivity contribution < 1.29 is 0 Å². The molecule has 4 heteroatoms. The van der Waals surface area contributed by atoms with Crippen molar-refractivity contribution in [1.82, 2.24) is 15.7 Å². The Morgan fingerprint density at radius 2 is 2.38 bits per heavy atom. The molecule has 0 aliphatic heterocycles. The van der Waals surface area contributed by atoms with Gasteiger partial charge in [0.25, 0.3) is 0 Å². The van der Waals surface area contributed by atoms with Crippen LogP contribution >= 0.6 is 11.6 Å². The van der Waals surface area contributed by atoms with Gasteiger partial charge < -0.3 is 0 Å². The third-order valence-electron chi connectivity index (χ3n) is 0.622. The smallest absolute Gasteiger partial charge is 0.243 e. The fourth-order valence-electron chi connectivity index (χ4n) is 0.337. The third kappa shape index (κ3) is 1.07. The monoisotopic (exact) mass is 128 g/mol. The lowest BCUT2D eigenvalue weighted by Gasteiger charge is -1.85. The Bertz CT molecular complexity index is 171. The number of nitrogens with zero attached hydrogens (tertiary/aromatic N) is 2. The summed E-state index contributed by atoms with van der Waals surface area (Å²) in [6.45, 7) is 0. The van der Waals surface area contributed by atoms with Gasteiger partial charge in [0, 0.05) is 6.20 Å². The summed E-state index contributed by atoms with van der Waals surface area (Å²) in [6.07, 6.45) is 1.44. The van der Waals surface area contributed by atoms with E-state index in [4.69, 9.17) is 17.3 Å². The van der Waals surface area contributed by atoms with E-state index in [1.165, 1.54) is 12.3 Å². The summed E-state index contributed by atoms with van der Waals surface area (Å²) >= 11 is 5.37. The number of hydrogen-bond acceptors (Lipinski definition) is 2. The second kappa shape index (κ2) is 1.96. The Labute approximate surface area is 51.5 Å². The molecular formula is C4H3ClN3. The molecule has 1 aromatic heterocycles. The average Bonchev–Trinajstić information content (AvgIpc) is 1.64. The highest BCUT2D eigenvalue weighted by atomic mass is 35.5. The van der Waals surface area contributed by atoms with Crippen LogP contribution in [0.25, 0.3) is 0 Å². The molecule has 0 amide bonds. The first kappa shape index (κ1) is 5.31. The molecule has 0 saturated heterocycles. The number of rotatable bonds is 0. The van der Waals surface area contributed by atoms with Gasteiger partial charge in [0.2, 0.25) is 5.95 Å². The van der Waals surface area contributed by atoms with Crippen LogP contribution in [0.1, 0.15) is 0 Å². The molecule has 0 bridgehead atoms. The predicted molar refractivity (Wildman–Crippen MR) is 29.8 cm³/mol. The van der Waals surface area contributed by atoms with E-state index < -0.39 is 0 Å². The molecule has 0 aliphatic rings. The van der Waals surface area contributed by atoms with Crippen molar-refractivity contribution in [3.8, 4) is 0 Å². The van der Waals surface area contributed by atoms with Crippen LogP contribution in [0, 0.1) is 0 Å². The number of hydrogen-bond donors (Lipinski definition) is 0. The van der Waals surface area contributed by atoms with E-state index in [1.54, 1.807) is 0 Å². The minimum atomic E-state index is -0.0440. The Morgan fingerprint density at radius 1 is 1.62 bits per heavy atom. The molecule has 8 heavy (non-hydrogen) atoms. The lowest BCUT2D eigenvalue weighted by molar-refractivity contribution is 1.12. The van der Waals surface area contributed by atoms with E-state index in [0.717, 1.165) is 0 Å². The predicted octanol–water partition coefficient (Wildman–Crippen LogP) is 1.04. The number of aromatic nitrogens is 2. The van der Waals surface area contributed by atoms with Gasteiger partial charge in [-0.1, -0.05) is 11.6 Å². The maximum absolute atomic E-state index is 6.83. The summed E-state index contributed by atoms with van der Waals surface area (Å²) in [6, 6.07) is 1.53. The van der Waals surface area contributed by atoms with Gasteiger partial charge in [-0.05, 0) is 6.07 Å². The molecule has 0 spiro atoms. The average molecular weight is 129 g/mol. The molecule has 0 aromatic carbocycles. The van der Waals surface area contributed by atoms with Crippen molar-refractivity contribution in [3.05, 3.63) is 17.4 Å². The molecule has 1 N–H and O–H groups in total. The molecule has 0 atom stereocenters. The normalized spacial score (nSPS) is 9.12. The van der Waals surface area contributed by atoms with Gasteiger partial charge >= 0.3 is 0 Å². The van der Waals surface area contributed by atoms with E-state index in [0.29, 0.717) is 5.15 Å². The highest BCUT2D eigenvalue weighted by molar-refractivity contribution is 6.29. The molecule has 1 radical (unpaired) electrons. The Morgan fingerprint density at radius 3 is 2.75 bits per heavy atom. The summed E-state index contributed by atoms with van der Waals surface area (Å²) in [5.74, 6) is -0.0440. The van der Waals surface area contributed by atoms with Crippen molar-refractivity contribution in [1.29, 1.82) is 0 Å². The van der Waals surface area contributed by atoms with Gasteiger partial charge in [-0.3, -0.25) is 5.73 Å². The third-order valence-corrected chi connectivity index (χ3v) is 0.832. The van der Waals surface area contributed by atoms with E-state index in [2.05, 4.69) is 9.97 Å². The molecular weight excluding hydrogens is 126 g/mol. The zero-order chi connectivity index (χ0) is 5.98. The van der Waals surface area contributed by atoms with Crippen LogP contribution in [0.2, 0.25) is 5.15 Å². The van der Waals surface area contributed by atoms with E-state index in [1.807, 2.05) is 0 Å². The molecule has 0 fully saturated rings. The Hall–Kier alpha value is -0.830. The van der Waals surface area contributed by atoms with Crippen LogP contribution < -0.4 is 5.73 Å². The summed E-state index contributed by atoms with van der Waals surface area (Å²) in [7, 11) is 0. The van der Waals surface area contributed by atoms with Gasteiger partial charge in [0.15, 0.2) is 0 Å². The lowest BCUT2D eigenvalue weighted by Crippen LogP contribution is -1.80. The first-order valence-corrected chi connectivity index (χ1v) is 2.37. The van der Waals surface area contributed by atoms with Crippen LogP contribution in [0.4, 0.5) is 5.95 Å². The summed E-state index contributed by atoms with van der Waals surface area (Å²) in [5, 5.41) is 0.310. The van der Waals surface area contributed by atoms with Crippen LogP contribution in [-0.2, 0) is 0 Å². The largest absolute Gasteiger partial charge is 0.265 e. The van der Waals surface area contributed by atoms with Gasteiger partial charge in [-0.25, -0.2) is 4.98 Å². The van der Waals surface area contributed by atoms with E-state index in [9.17, 15) is 0 Å². The van der Waals surface area contributed by atoms with Crippen molar-refractivity contribution in [2.45, 2.75) is 0 Å². The zero-order valence-corrected chi connectivity index (χ0v) is 4.68. The lowest BCUT2D eigenvalue weighted by atomic mass is 10.7. The van der Waals surface area contributed by atoms with Crippen LogP contribution in [0.5, 0.6) is 0 Å². The van der Waals surface area contributed by atoms with Gasteiger partial charge in [0.1, 0.15) is 5.15 Å². The van der Waals surface area contributed by atoms with Gasteiger partial charge in [0.05, 0.1) is 0 Å². The van der Waals surface area contributed by atoms with Crippen LogP contribution in [-0.4, -0.2) is 9.97 Å². The van der Waals surface area contributed by atoms with Crippen molar-refractivity contribution in [2.75, 3.05) is 0 Å². The first-order chi connectivity index (χ1) is 3.79. The molecule has 0 saturated carbocycles. The molecule has 1 rings (SSSR count). The van der Waals surface area contributed by atoms with Crippen molar-refractivity contribution in [3.63, 3.8) is 0 Å². The van der Waals surface area contributed by atoms with Gasteiger partial charge in [-0.2, -0.15) is 4.98 Å². The number of nitrogens with one attached hydrogen (secondary N) is 1. The van der Waals surface area contributed by atoms with Crippen molar-refractivity contribution in [2.24, 2.45) is 0 Å². The van der Waals surface area contributed by atoms with Crippen molar-refractivity contribution >= 4 is 17.5 Å². The molecule has 0 unspecified atom stereocenters. The Kier molecular flexibility index (Phi) is 1.30. The molecule has 41 valence electrons. The first-order valence-electron chi connectivity index (χ1n) is 1.99.